The lowest BCUT2D eigenvalue weighted by molar-refractivity contribution is -0.00242. The summed E-state index contributed by atoms with van der Waals surface area (Å²) in [6, 6.07) is 7.02. The minimum Gasteiger partial charge on any atom is -0.497 e. The number of ether oxygens (including phenoxy) is 1. The van der Waals surface area contributed by atoms with Crippen LogP contribution in [0.15, 0.2) is 24.3 Å². The van der Waals surface area contributed by atoms with Crippen molar-refractivity contribution in [2.45, 2.75) is 12.5 Å². The molecule has 3 heteroatoms. The van der Waals surface area contributed by atoms with E-state index in [4.69, 9.17) is 9.84 Å². The molecule has 0 aliphatic carbocycles. The van der Waals surface area contributed by atoms with E-state index in [2.05, 4.69) is 0 Å². The Balaban J connectivity index is 3.01. The maximum Gasteiger partial charge on any atom is 0.119 e. The highest BCUT2D eigenvalue weighted by Gasteiger charge is 2.21. The lowest BCUT2D eigenvalue weighted by Crippen LogP contribution is -2.25. The van der Waals surface area contributed by atoms with Crippen LogP contribution in [0.3, 0.4) is 0 Å². The Morgan fingerprint density at radius 3 is 2.69 bits per heavy atom. The number of aliphatic hydroxyl groups excluding tert-OH is 1. The molecule has 0 aliphatic heterocycles. The monoisotopic (exact) mass is 182 g/mol. The van der Waals surface area contributed by atoms with Gasteiger partial charge in [0.2, 0.25) is 0 Å². The van der Waals surface area contributed by atoms with E-state index in [9.17, 15) is 5.11 Å². The summed E-state index contributed by atoms with van der Waals surface area (Å²) in [5.74, 6) is 0.672. The minimum atomic E-state index is -1.20. The summed E-state index contributed by atoms with van der Waals surface area (Å²) >= 11 is 0. The molecule has 0 heterocycles. The molecule has 2 N–H and O–H groups in total. The summed E-state index contributed by atoms with van der Waals surface area (Å²) < 4.78 is 5.00. The van der Waals surface area contributed by atoms with Gasteiger partial charge in [0.1, 0.15) is 11.4 Å². The number of aliphatic hydroxyl groups is 2. The van der Waals surface area contributed by atoms with Crippen molar-refractivity contribution in [2.75, 3.05) is 13.7 Å². The van der Waals surface area contributed by atoms with Crippen LogP contribution in [0.25, 0.3) is 0 Å². The minimum absolute atomic E-state index is 0.305. The standard InChI is InChI=1S/C10H14O3/c1-10(12,7-11)8-4-3-5-9(6-8)13-2/h3-6,11-12H,7H2,1-2H3. The molecule has 1 rings (SSSR count). The Morgan fingerprint density at radius 1 is 1.46 bits per heavy atom. The third-order valence-electron chi connectivity index (χ3n) is 2.00. The predicted molar refractivity (Wildman–Crippen MR) is 49.7 cm³/mol. The van der Waals surface area contributed by atoms with Gasteiger partial charge in [-0.2, -0.15) is 0 Å². The Hall–Kier alpha value is -1.06. The Labute approximate surface area is 77.6 Å². The third-order valence-corrected chi connectivity index (χ3v) is 2.00. The van der Waals surface area contributed by atoms with Crippen molar-refractivity contribution in [3.05, 3.63) is 29.8 Å². The zero-order valence-corrected chi connectivity index (χ0v) is 7.82. The summed E-state index contributed by atoms with van der Waals surface area (Å²) in [6.45, 7) is 1.25. The van der Waals surface area contributed by atoms with Crippen LogP contribution in [0.2, 0.25) is 0 Å². The first kappa shape index (κ1) is 10.0. The molecule has 72 valence electrons. The molecule has 0 saturated heterocycles. The van der Waals surface area contributed by atoms with Crippen LogP contribution in [0.5, 0.6) is 5.75 Å². The topological polar surface area (TPSA) is 49.7 Å². The van der Waals surface area contributed by atoms with E-state index < -0.39 is 5.60 Å². The maximum atomic E-state index is 9.71. The lowest BCUT2D eigenvalue weighted by Gasteiger charge is -2.21. The van der Waals surface area contributed by atoms with Gasteiger partial charge >= 0.3 is 0 Å². The number of hydrogen-bond acceptors (Lipinski definition) is 3. The van der Waals surface area contributed by atoms with Gasteiger partial charge in [0.25, 0.3) is 0 Å². The Kier molecular flexibility index (Phi) is 2.90. The van der Waals surface area contributed by atoms with Crippen LogP contribution in [0.1, 0.15) is 12.5 Å². The summed E-state index contributed by atoms with van der Waals surface area (Å²) in [5, 5.41) is 18.6. The van der Waals surface area contributed by atoms with Crippen LogP contribution >= 0.6 is 0 Å². The van der Waals surface area contributed by atoms with Crippen molar-refractivity contribution < 1.29 is 14.9 Å². The molecule has 0 amide bonds. The zero-order chi connectivity index (χ0) is 9.90. The first-order valence-corrected chi connectivity index (χ1v) is 4.08. The van der Waals surface area contributed by atoms with Gasteiger partial charge in [-0.05, 0) is 24.6 Å². The summed E-state index contributed by atoms with van der Waals surface area (Å²) in [4.78, 5) is 0. The Morgan fingerprint density at radius 2 is 2.15 bits per heavy atom. The summed E-state index contributed by atoms with van der Waals surface area (Å²) in [5.41, 5.74) is -0.552. The number of rotatable bonds is 3. The van der Waals surface area contributed by atoms with Crippen molar-refractivity contribution >= 4 is 0 Å². The first-order chi connectivity index (χ1) is 6.10. The van der Waals surface area contributed by atoms with Crippen LogP contribution in [0, 0.1) is 0 Å². The average molecular weight is 182 g/mol. The van der Waals surface area contributed by atoms with Gasteiger partial charge in [-0.15, -0.1) is 0 Å². The molecule has 0 saturated carbocycles. The third kappa shape index (κ3) is 2.20. The van der Waals surface area contributed by atoms with Crippen molar-refractivity contribution in [1.29, 1.82) is 0 Å². The molecule has 0 aliphatic rings. The normalized spacial score (nSPS) is 15.1. The van der Waals surface area contributed by atoms with E-state index in [1.807, 2.05) is 0 Å². The fourth-order valence-corrected chi connectivity index (χ4v) is 1.05. The molecule has 0 aromatic heterocycles. The SMILES string of the molecule is COc1cccc(C(C)(O)CO)c1. The maximum absolute atomic E-state index is 9.71. The van der Waals surface area contributed by atoms with Crippen LogP contribution in [-0.4, -0.2) is 23.9 Å². The molecule has 0 fully saturated rings. The highest BCUT2D eigenvalue weighted by Crippen LogP contribution is 2.23. The van der Waals surface area contributed by atoms with Crippen molar-refractivity contribution in [1.82, 2.24) is 0 Å². The average Bonchev–Trinajstić information content (AvgIpc) is 2.18. The molecule has 3 nitrogen and oxygen atoms in total. The van der Waals surface area contributed by atoms with Gasteiger partial charge in [0.15, 0.2) is 0 Å². The molecule has 1 aromatic carbocycles. The van der Waals surface area contributed by atoms with Crippen LogP contribution in [0.4, 0.5) is 0 Å². The second kappa shape index (κ2) is 3.77. The Bertz CT molecular complexity index is 281. The smallest absolute Gasteiger partial charge is 0.119 e. The fraction of sp³-hybridized carbons (Fsp3) is 0.400. The molecular weight excluding hydrogens is 168 g/mol. The van der Waals surface area contributed by atoms with E-state index in [1.165, 1.54) is 0 Å². The second-order valence-electron chi connectivity index (χ2n) is 3.16. The van der Waals surface area contributed by atoms with Crippen molar-refractivity contribution in [3.8, 4) is 5.75 Å². The molecule has 0 spiro atoms. The molecule has 1 aromatic rings. The lowest BCUT2D eigenvalue weighted by atomic mass is 9.97. The van der Waals surface area contributed by atoms with E-state index >= 15 is 0 Å². The quantitative estimate of drug-likeness (QED) is 0.730. The number of methoxy groups -OCH3 is 1. The first-order valence-electron chi connectivity index (χ1n) is 4.08. The molecule has 0 radical (unpaired) electrons. The summed E-state index contributed by atoms with van der Waals surface area (Å²) in [6.07, 6.45) is 0. The molecule has 0 bridgehead atoms. The molecule has 1 unspecified atom stereocenters. The van der Waals surface area contributed by atoms with E-state index in [0.717, 1.165) is 0 Å². The van der Waals surface area contributed by atoms with Crippen LogP contribution in [-0.2, 0) is 5.60 Å². The summed E-state index contributed by atoms with van der Waals surface area (Å²) in [7, 11) is 1.56. The van der Waals surface area contributed by atoms with Gasteiger partial charge in [-0.1, -0.05) is 12.1 Å². The van der Waals surface area contributed by atoms with E-state index in [-0.39, 0.29) is 6.61 Å². The van der Waals surface area contributed by atoms with Gasteiger partial charge in [-0.25, -0.2) is 0 Å². The zero-order valence-electron chi connectivity index (χ0n) is 7.82. The molecular formula is C10H14O3. The predicted octanol–water partition coefficient (Wildman–Crippen LogP) is 0.895. The van der Waals surface area contributed by atoms with E-state index in [1.54, 1.807) is 38.3 Å². The fourth-order valence-electron chi connectivity index (χ4n) is 1.05. The highest BCUT2D eigenvalue weighted by molar-refractivity contribution is 5.31. The van der Waals surface area contributed by atoms with Gasteiger partial charge < -0.3 is 14.9 Å². The number of hydrogen-bond donors (Lipinski definition) is 2. The van der Waals surface area contributed by atoms with Gasteiger partial charge in [0.05, 0.1) is 13.7 Å². The van der Waals surface area contributed by atoms with Gasteiger partial charge in [-0.3, -0.25) is 0 Å². The number of benzene rings is 1. The van der Waals surface area contributed by atoms with E-state index in [0.29, 0.717) is 11.3 Å². The molecule has 1 atom stereocenters. The van der Waals surface area contributed by atoms with Gasteiger partial charge in [0, 0.05) is 0 Å². The largest absolute Gasteiger partial charge is 0.497 e. The second-order valence-corrected chi connectivity index (χ2v) is 3.16. The molecule has 13 heavy (non-hydrogen) atoms. The van der Waals surface area contributed by atoms with Crippen molar-refractivity contribution in [3.63, 3.8) is 0 Å². The van der Waals surface area contributed by atoms with Crippen LogP contribution < -0.4 is 4.74 Å². The van der Waals surface area contributed by atoms with Crippen molar-refractivity contribution in [2.24, 2.45) is 0 Å². The highest BCUT2D eigenvalue weighted by atomic mass is 16.5.